The molecular formula is C20H27N3O5. The SMILES string of the molecule is CN(CC(=O)N1CCC(C(=O)O)CC1)C(=O)c1ccc(N2CCOCC2)cc1. The van der Waals surface area contributed by atoms with Gasteiger partial charge in [-0.05, 0) is 37.1 Å². The van der Waals surface area contributed by atoms with Crippen LogP contribution in [0.15, 0.2) is 24.3 Å². The number of amides is 2. The Morgan fingerprint density at radius 2 is 1.68 bits per heavy atom. The first-order valence-corrected chi connectivity index (χ1v) is 9.64. The highest BCUT2D eigenvalue weighted by atomic mass is 16.5. The zero-order valence-electron chi connectivity index (χ0n) is 16.2. The third-order valence-corrected chi connectivity index (χ3v) is 5.41. The van der Waals surface area contributed by atoms with Crippen LogP contribution in [0.4, 0.5) is 5.69 Å². The number of anilines is 1. The molecule has 8 nitrogen and oxygen atoms in total. The van der Waals surface area contributed by atoms with E-state index in [1.807, 2.05) is 12.1 Å². The Labute approximate surface area is 164 Å². The van der Waals surface area contributed by atoms with E-state index >= 15 is 0 Å². The summed E-state index contributed by atoms with van der Waals surface area (Å²) >= 11 is 0. The Bertz CT molecular complexity index is 707. The highest BCUT2D eigenvalue weighted by Gasteiger charge is 2.28. The smallest absolute Gasteiger partial charge is 0.306 e. The first-order valence-electron chi connectivity index (χ1n) is 9.64. The molecule has 2 aliphatic heterocycles. The number of hydrogen-bond donors (Lipinski definition) is 1. The molecule has 152 valence electrons. The first-order chi connectivity index (χ1) is 13.5. The number of ether oxygens (including phenoxy) is 1. The predicted molar refractivity (Wildman–Crippen MR) is 103 cm³/mol. The summed E-state index contributed by atoms with van der Waals surface area (Å²) < 4.78 is 5.35. The lowest BCUT2D eigenvalue weighted by Crippen LogP contribution is -2.45. The number of benzene rings is 1. The predicted octanol–water partition coefficient (Wildman–Crippen LogP) is 0.918. The van der Waals surface area contributed by atoms with Crippen molar-refractivity contribution < 1.29 is 24.2 Å². The topological polar surface area (TPSA) is 90.4 Å². The van der Waals surface area contributed by atoms with Gasteiger partial charge in [-0.15, -0.1) is 0 Å². The minimum Gasteiger partial charge on any atom is -0.481 e. The molecule has 2 saturated heterocycles. The molecule has 1 aromatic carbocycles. The van der Waals surface area contributed by atoms with Gasteiger partial charge in [0.1, 0.15) is 0 Å². The van der Waals surface area contributed by atoms with Gasteiger partial charge in [-0.2, -0.15) is 0 Å². The summed E-state index contributed by atoms with van der Waals surface area (Å²) in [5.74, 6) is -1.54. The van der Waals surface area contributed by atoms with Crippen LogP contribution in [0.5, 0.6) is 0 Å². The van der Waals surface area contributed by atoms with E-state index in [4.69, 9.17) is 9.84 Å². The molecule has 0 radical (unpaired) electrons. The number of carboxylic acid groups (broad SMARTS) is 1. The molecule has 1 aromatic rings. The number of rotatable bonds is 5. The van der Waals surface area contributed by atoms with Crippen molar-refractivity contribution in [3.8, 4) is 0 Å². The first kappa shape index (κ1) is 20.1. The van der Waals surface area contributed by atoms with E-state index in [1.165, 1.54) is 4.90 Å². The van der Waals surface area contributed by atoms with Crippen molar-refractivity contribution in [3.05, 3.63) is 29.8 Å². The lowest BCUT2D eigenvalue weighted by atomic mass is 9.97. The van der Waals surface area contributed by atoms with Crippen molar-refractivity contribution in [3.63, 3.8) is 0 Å². The summed E-state index contributed by atoms with van der Waals surface area (Å²) in [6.45, 7) is 3.91. The number of carboxylic acids is 1. The van der Waals surface area contributed by atoms with E-state index in [1.54, 1.807) is 24.1 Å². The number of hydrogen-bond acceptors (Lipinski definition) is 5. The van der Waals surface area contributed by atoms with Crippen LogP contribution in [-0.2, 0) is 14.3 Å². The molecular weight excluding hydrogens is 362 g/mol. The van der Waals surface area contributed by atoms with Gasteiger partial charge in [0.15, 0.2) is 0 Å². The second-order valence-electron chi connectivity index (χ2n) is 7.30. The number of nitrogens with zero attached hydrogens (tertiary/aromatic N) is 3. The van der Waals surface area contributed by atoms with Gasteiger partial charge in [-0.1, -0.05) is 0 Å². The summed E-state index contributed by atoms with van der Waals surface area (Å²) in [7, 11) is 1.61. The van der Waals surface area contributed by atoms with E-state index in [-0.39, 0.29) is 24.3 Å². The summed E-state index contributed by atoms with van der Waals surface area (Å²) in [5.41, 5.74) is 1.59. The molecule has 0 aromatic heterocycles. The van der Waals surface area contributed by atoms with Gasteiger partial charge in [0, 0.05) is 44.5 Å². The molecule has 2 fully saturated rings. The molecule has 0 unspecified atom stereocenters. The largest absolute Gasteiger partial charge is 0.481 e. The number of carbonyl (C=O) groups is 3. The average molecular weight is 389 g/mol. The van der Waals surface area contributed by atoms with Crippen LogP contribution in [0.1, 0.15) is 23.2 Å². The fourth-order valence-electron chi connectivity index (χ4n) is 3.61. The number of piperidine rings is 1. The quantitative estimate of drug-likeness (QED) is 0.805. The van der Waals surface area contributed by atoms with Gasteiger partial charge in [0.2, 0.25) is 5.91 Å². The van der Waals surface area contributed by atoms with Gasteiger partial charge in [-0.3, -0.25) is 14.4 Å². The maximum Gasteiger partial charge on any atom is 0.306 e. The zero-order chi connectivity index (χ0) is 20.1. The Kier molecular flexibility index (Phi) is 6.51. The van der Waals surface area contributed by atoms with Crippen LogP contribution >= 0.6 is 0 Å². The summed E-state index contributed by atoms with van der Waals surface area (Å²) in [5, 5.41) is 9.04. The fraction of sp³-hybridized carbons (Fsp3) is 0.550. The van der Waals surface area contributed by atoms with Crippen LogP contribution in [-0.4, -0.2) is 85.7 Å². The van der Waals surface area contributed by atoms with Gasteiger partial charge in [-0.25, -0.2) is 0 Å². The molecule has 0 bridgehead atoms. The molecule has 2 aliphatic rings. The highest BCUT2D eigenvalue weighted by Crippen LogP contribution is 2.19. The van der Waals surface area contributed by atoms with E-state index in [9.17, 15) is 14.4 Å². The van der Waals surface area contributed by atoms with E-state index in [0.29, 0.717) is 44.7 Å². The lowest BCUT2D eigenvalue weighted by molar-refractivity contribution is -0.145. The van der Waals surface area contributed by atoms with Crippen LogP contribution in [0.3, 0.4) is 0 Å². The molecule has 2 amide bonds. The van der Waals surface area contributed by atoms with Crippen LogP contribution in [0.25, 0.3) is 0 Å². The van der Waals surface area contributed by atoms with E-state index < -0.39 is 5.97 Å². The lowest BCUT2D eigenvalue weighted by Gasteiger charge is -2.31. The maximum absolute atomic E-state index is 12.6. The summed E-state index contributed by atoms with van der Waals surface area (Å²) in [6.07, 6.45) is 0.920. The standard InChI is InChI=1S/C20H27N3O5/c1-21(14-18(24)23-8-6-16(7-9-23)20(26)27)19(25)15-2-4-17(5-3-15)22-10-12-28-13-11-22/h2-5,16H,6-14H2,1H3,(H,26,27). The highest BCUT2D eigenvalue weighted by molar-refractivity contribution is 5.96. The summed E-state index contributed by atoms with van der Waals surface area (Å²) in [4.78, 5) is 41.4. The minimum atomic E-state index is -0.806. The van der Waals surface area contributed by atoms with Crippen molar-refractivity contribution in [2.24, 2.45) is 5.92 Å². The number of likely N-dealkylation sites (N-methyl/N-ethyl adjacent to an activating group) is 1. The second kappa shape index (κ2) is 9.05. The molecule has 28 heavy (non-hydrogen) atoms. The molecule has 0 atom stereocenters. The van der Waals surface area contributed by atoms with Gasteiger partial charge < -0.3 is 24.5 Å². The number of likely N-dealkylation sites (tertiary alicyclic amines) is 1. The Balaban J connectivity index is 1.52. The average Bonchev–Trinajstić information content (AvgIpc) is 2.74. The Morgan fingerprint density at radius 1 is 1.07 bits per heavy atom. The van der Waals surface area contributed by atoms with Crippen molar-refractivity contribution in [1.82, 2.24) is 9.80 Å². The van der Waals surface area contributed by atoms with Crippen molar-refractivity contribution >= 4 is 23.5 Å². The number of aliphatic carboxylic acids is 1. The van der Waals surface area contributed by atoms with Crippen molar-refractivity contribution in [2.75, 3.05) is 57.9 Å². The van der Waals surface area contributed by atoms with Gasteiger partial charge in [0.25, 0.3) is 5.91 Å². The molecule has 2 heterocycles. The number of morpholine rings is 1. The maximum atomic E-state index is 12.6. The third-order valence-electron chi connectivity index (χ3n) is 5.41. The monoisotopic (exact) mass is 389 g/mol. The third kappa shape index (κ3) is 4.81. The Hall–Kier alpha value is -2.61. The number of carbonyl (C=O) groups excluding carboxylic acids is 2. The van der Waals surface area contributed by atoms with Crippen LogP contribution in [0.2, 0.25) is 0 Å². The molecule has 0 saturated carbocycles. The van der Waals surface area contributed by atoms with Crippen molar-refractivity contribution in [1.29, 1.82) is 0 Å². The molecule has 0 spiro atoms. The zero-order valence-corrected chi connectivity index (χ0v) is 16.2. The van der Waals surface area contributed by atoms with Gasteiger partial charge >= 0.3 is 5.97 Å². The van der Waals surface area contributed by atoms with Crippen molar-refractivity contribution in [2.45, 2.75) is 12.8 Å². The van der Waals surface area contributed by atoms with Crippen LogP contribution < -0.4 is 4.90 Å². The molecule has 8 heteroatoms. The fourth-order valence-corrected chi connectivity index (χ4v) is 3.61. The normalized spacial score (nSPS) is 18.0. The molecule has 1 N–H and O–H groups in total. The minimum absolute atomic E-state index is 0.0121. The van der Waals surface area contributed by atoms with E-state index in [0.717, 1.165) is 18.8 Å². The van der Waals surface area contributed by atoms with Gasteiger partial charge in [0.05, 0.1) is 25.7 Å². The molecule has 0 aliphatic carbocycles. The van der Waals surface area contributed by atoms with Crippen LogP contribution in [0, 0.1) is 5.92 Å². The Morgan fingerprint density at radius 3 is 2.25 bits per heavy atom. The second-order valence-corrected chi connectivity index (χ2v) is 7.30. The molecule has 3 rings (SSSR count). The van der Waals surface area contributed by atoms with E-state index in [2.05, 4.69) is 4.90 Å². The summed E-state index contributed by atoms with van der Waals surface area (Å²) in [6, 6.07) is 7.41.